The van der Waals surface area contributed by atoms with Gasteiger partial charge < -0.3 is 69.5 Å². The zero-order valence-electron chi connectivity index (χ0n) is 59.4. The molecule has 0 atom stereocenters. The van der Waals surface area contributed by atoms with E-state index in [9.17, 15) is 19.2 Å². The Hall–Kier alpha value is 0.187. The molecule has 0 N–H and O–H groups in total. The molecule has 0 fully saturated rings. The molecule has 8 nitrogen and oxygen atoms in total. The van der Waals surface area contributed by atoms with Crippen LogP contribution in [0.3, 0.4) is 0 Å². The molecule has 0 aromatic carbocycles. The SMILES string of the molecule is C.C.CCCC/C=C/CCCCCCCCCCC(=O)OCC[S-].CCCC/C=C/CCCCCCCCCCC(=O)OCC[S-].CCCC/C=C/CCCCCCCCCCC(=O)OCC[S-].CCCC/C=C/CCCCCCCCCCC(=O)OCC[S-].S.[Sn+2].[Sn+2]. The van der Waals surface area contributed by atoms with Gasteiger partial charge in [0.2, 0.25) is 0 Å². The summed E-state index contributed by atoms with van der Waals surface area (Å²) in [6.45, 7) is 10.5. The molecule has 0 aliphatic carbocycles. The summed E-state index contributed by atoms with van der Waals surface area (Å²) in [7, 11) is 0. The van der Waals surface area contributed by atoms with E-state index in [0.29, 0.717) is 75.1 Å². The fraction of sp³-hybridized carbons (Fsp3) is 0.846. The van der Waals surface area contributed by atoms with Crippen LogP contribution in [-0.4, -0.2) is 121 Å². The number of carbonyl (C=O) groups is 4. The van der Waals surface area contributed by atoms with Gasteiger partial charge >= 0.3 is 71.7 Å². The van der Waals surface area contributed by atoms with Gasteiger partial charge in [-0.25, -0.2) is 0 Å². The maximum absolute atomic E-state index is 11.2. The largest absolute Gasteiger partial charge is 2.00 e. The maximum Gasteiger partial charge on any atom is 2.00 e. The Morgan fingerprint density at radius 2 is 0.366 bits per heavy atom. The van der Waals surface area contributed by atoms with E-state index < -0.39 is 0 Å². The minimum absolute atomic E-state index is 0. The molecular formula is C78H150O8S5Sn2. The molecule has 0 amide bonds. The predicted octanol–water partition coefficient (Wildman–Crippen LogP) is 23.5. The van der Waals surface area contributed by atoms with Gasteiger partial charge in [-0.2, -0.15) is 13.5 Å². The molecule has 15 heteroatoms. The second kappa shape index (κ2) is 108. The van der Waals surface area contributed by atoms with Crippen molar-refractivity contribution < 1.29 is 38.1 Å². The predicted molar refractivity (Wildman–Crippen MR) is 427 cm³/mol. The van der Waals surface area contributed by atoms with Crippen LogP contribution in [0.15, 0.2) is 48.6 Å². The molecule has 0 saturated heterocycles. The molecule has 0 aliphatic heterocycles. The van der Waals surface area contributed by atoms with Crippen LogP contribution >= 0.6 is 13.5 Å². The molecule has 4 radical (unpaired) electrons. The van der Waals surface area contributed by atoms with Gasteiger partial charge in [-0.1, -0.05) is 297 Å². The fourth-order valence-corrected chi connectivity index (χ4v) is 9.84. The smallest absolute Gasteiger partial charge is 0.789 e. The summed E-state index contributed by atoms with van der Waals surface area (Å²) in [4.78, 5) is 45.0. The van der Waals surface area contributed by atoms with E-state index in [0.717, 1.165) is 51.4 Å². The summed E-state index contributed by atoms with van der Waals surface area (Å²) < 4.78 is 19.8. The summed E-state index contributed by atoms with van der Waals surface area (Å²) in [6, 6.07) is 0. The van der Waals surface area contributed by atoms with Crippen molar-refractivity contribution in [3.05, 3.63) is 48.6 Å². The first-order valence-electron chi connectivity index (χ1n) is 36.8. The summed E-state index contributed by atoms with van der Waals surface area (Å²) >= 11 is 18.9. The summed E-state index contributed by atoms with van der Waals surface area (Å²) in [5.74, 6) is 1.66. The summed E-state index contributed by atoms with van der Waals surface area (Å²) in [5, 5.41) is 0. The van der Waals surface area contributed by atoms with E-state index in [1.54, 1.807) is 0 Å². The van der Waals surface area contributed by atoms with Gasteiger partial charge in [0.05, 0.1) is 26.4 Å². The van der Waals surface area contributed by atoms with E-state index in [-0.39, 0.29) is 100 Å². The van der Waals surface area contributed by atoms with E-state index >= 15 is 0 Å². The number of unbranched alkanes of at least 4 members (excludes halogenated alkanes) is 40. The minimum Gasteiger partial charge on any atom is -0.789 e. The molecule has 0 aliphatic rings. The molecule has 0 rings (SSSR count). The van der Waals surface area contributed by atoms with Crippen molar-refractivity contribution in [3.63, 3.8) is 0 Å². The molecule has 548 valence electrons. The summed E-state index contributed by atoms with van der Waals surface area (Å²) in [5.41, 5.74) is 0. The van der Waals surface area contributed by atoms with E-state index in [2.05, 4.69) is 76.3 Å². The first-order chi connectivity index (χ1) is 43.2. The standard InChI is InChI=1S/4C19H36O2S.2CH4.H2S.2Sn/c4*1-2-3-4-5-6-7-8-9-10-11-12-13-14-15-16-19(20)21-17-18-22;;;;;/h4*5-6,22H,2-4,7-18H2,1H3;2*1H4;1H2;;/q;;;;;;;2*+2/p-4/b4*6-5+;;;;;. The number of allylic oxidation sites excluding steroid dienone is 8. The Morgan fingerprint density at radius 3 is 0.505 bits per heavy atom. The van der Waals surface area contributed by atoms with Gasteiger partial charge in [0.1, 0.15) is 0 Å². The van der Waals surface area contributed by atoms with Gasteiger partial charge in [0.25, 0.3) is 0 Å². The number of ether oxygens (including phenoxy) is 4. The number of esters is 4. The first kappa shape index (κ1) is 112. The molecule has 0 spiro atoms. The van der Waals surface area contributed by atoms with Crippen LogP contribution in [0, 0.1) is 0 Å². The van der Waals surface area contributed by atoms with Crippen LogP contribution in [0.25, 0.3) is 0 Å². The maximum atomic E-state index is 11.2. The van der Waals surface area contributed by atoms with Crippen LogP contribution in [0.1, 0.15) is 376 Å². The van der Waals surface area contributed by atoms with Crippen molar-refractivity contribution in [2.24, 2.45) is 0 Å². The second-order valence-electron chi connectivity index (χ2n) is 23.6. The molecular weight excluding hydrogens is 1460 g/mol. The molecule has 93 heavy (non-hydrogen) atoms. The third-order valence-corrected chi connectivity index (χ3v) is 15.6. The van der Waals surface area contributed by atoms with E-state index in [1.807, 2.05) is 0 Å². The van der Waals surface area contributed by atoms with Crippen molar-refractivity contribution >= 4 is 136 Å². The third kappa shape index (κ3) is 117. The number of rotatable bonds is 64. The first-order valence-corrected chi connectivity index (χ1v) is 39.1. The van der Waals surface area contributed by atoms with Gasteiger partial charge in [-0.15, -0.1) is 23.0 Å². The number of hydrogen-bond acceptors (Lipinski definition) is 12. The van der Waals surface area contributed by atoms with Crippen molar-refractivity contribution in [3.8, 4) is 0 Å². The van der Waals surface area contributed by atoms with Crippen molar-refractivity contribution in [1.29, 1.82) is 0 Å². The molecule has 0 heterocycles. The molecule has 0 aromatic heterocycles. The van der Waals surface area contributed by atoms with E-state index in [4.69, 9.17) is 69.5 Å². The van der Waals surface area contributed by atoms with Crippen molar-refractivity contribution in [2.75, 3.05) is 49.4 Å². The average Bonchev–Trinajstić information content (AvgIpc) is 3.56. The Morgan fingerprint density at radius 1 is 0.237 bits per heavy atom. The Bertz CT molecular complexity index is 1290. The van der Waals surface area contributed by atoms with Gasteiger partial charge in [-0.3, -0.25) is 19.2 Å². The van der Waals surface area contributed by atoms with Gasteiger partial charge in [0, 0.05) is 25.7 Å². The normalized spacial score (nSPS) is 10.6. The topological polar surface area (TPSA) is 105 Å². The Kier molecular flexibility index (Phi) is 130. The van der Waals surface area contributed by atoms with Crippen molar-refractivity contribution in [1.82, 2.24) is 0 Å². The minimum atomic E-state index is -0.0863. The fourth-order valence-electron chi connectivity index (χ4n) is 9.51. The number of carbonyl (C=O) groups excluding carboxylic acids is 4. The van der Waals surface area contributed by atoms with E-state index in [1.165, 1.54) is 257 Å². The third-order valence-electron chi connectivity index (χ3n) is 15.0. The van der Waals surface area contributed by atoms with Gasteiger partial charge in [-0.05, 0) is 103 Å². The van der Waals surface area contributed by atoms with Crippen LogP contribution in [-0.2, 0) is 88.6 Å². The molecule has 0 saturated carbocycles. The second-order valence-corrected chi connectivity index (χ2v) is 25.3. The monoisotopic (exact) mass is 1610 g/mol. The molecule has 0 bridgehead atoms. The Labute approximate surface area is 642 Å². The average molecular weight is 1610 g/mol. The zero-order chi connectivity index (χ0) is 65.2. The van der Waals surface area contributed by atoms with Gasteiger partial charge in [0.15, 0.2) is 0 Å². The molecule has 0 aromatic rings. The van der Waals surface area contributed by atoms with Crippen LogP contribution in [0.4, 0.5) is 0 Å². The molecule has 0 unspecified atom stereocenters. The zero-order valence-corrected chi connectivity index (χ0v) is 69.4. The van der Waals surface area contributed by atoms with Crippen molar-refractivity contribution in [2.45, 2.75) is 376 Å². The van der Waals surface area contributed by atoms with Crippen LogP contribution < -0.4 is 0 Å². The summed E-state index contributed by atoms with van der Waals surface area (Å²) in [6.07, 6.45) is 81.4. The van der Waals surface area contributed by atoms with Crippen LogP contribution in [0.2, 0.25) is 0 Å². The van der Waals surface area contributed by atoms with Crippen LogP contribution in [0.5, 0.6) is 0 Å². The quantitative estimate of drug-likeness (QED) is 0.0145. The number of hydrogen-bond donors (Lipinski definition) is 0. The Balaban J connectivity index is -0.000000142.